The van der Waals surface area contributed by atoms with Gasteiger partial charge in [0, 0.05) is 18.9 Å². The maximum Gasteiger partial charge on any atom is 0.271 e. The van der Waals surface area contributed by atoms with Gasteiger partial charge in [-0.3, -0.25) is 4.79 Å². The van der Waals surface area contributed by atoms with Crippen LogP contribution in [0.2, 0.25) is 0 Å². The predicted octanol–water partition coefficient (Wildman–Crippen LogP) is 0.412. The molecule has 0 aliphatic heterocycles. The third kappa shape index (κ3) is 2.05. The van der Waals surface area contributed by atoms with Gasteiger partial charge in [-0.2, -0.15) is 5.10 Å². The molecule has 16 heavy (non-hydrogen) atoms. The molecule has 0 atom stereocenters. The Morgan fingerprint density at radius 1 is 1.44 bits per heavy atom. The topological polar surface area (TPSA) is 72.7 Å². The molecule has 0 spiro atoms. The van der Waals surface area contributed by atoms with E-state index in [4.69, 9.17) is 0 Å². The van der Waals surface area contributed by atoms with E-state index < -0.39 is 0 Å². The average Bonchev–Trinajstić information content (AvgIpc) is 2.83. The van der Waals surface area contributed by atoms with E-state index in [0.717, 1.165) is 0 Å². The molecule has 6 heteroatoms. The molecule has 0 aliphatic carbocycles. The van der Waals surface area contributed by atoms with Gasteiger partial charge < -0.3 is 5.32 Å². The van der Waals surface area contributed by atoms with Crippen molar-refractivity contribution in [1.29, 1.82) is 0 Å². The lowest BCUT2D eigenvalue weighted by Gasteiger charge is -2.02. The summed E-state index contributed by atoms with van der Waals surface area (Å²) in [6, 6.07) is 5.11. The standard InChI is InChI=1S/C10H11N5O/c1-2-11-10(16)8-4-5-9(14-13-8)15-7-3-6-12-15/h3-7H,2H2,1H3,(H,11,16). The minimum atomic E-state index is -0.220. The molecule has 0 saturated carbocycles. The lowest BCUT2D eigenvalue weighted by Crippen LogP contribution is -2.24. The molecule has 1 N–H and O–H groups in total. The van der Waals surface area contributed by atoms with Crippen molar-refractivity contribution in [3.8, 4) is 5.82 Å². The predicted molar refractivity (Wildman–Crippen MR) is 57.2 cm³/mol. The van der Waals surface area contributed by atoms with Crippen molar-refractivity contribution in [3.63, 3.8) is 0 Å². The molecule has 0 bridgehead atoms. The van der Waals surface area contributed by atoms with Gasteiger partial charge in [0.2, 0.25) is 0 Å². The average molecular weight is 217 g/mol. The number of nitrogens with one attached hydrogen (secondary N) is 1. The third-order valence-electron chi connectivity index (χ3n) is 1.96. The second-order valence-electron chi connectivity index (χ2n) is 3.09. The summed E-state index contributed by atoms with van der Waals surface area (Å²) in [4.78, 5) is 11.4. The van der Waals surface area contributed by atoms with E-state index in [1.807, 2.05) is 6.92 Å². The minimum Gasteiger partial charge on any atom is -0.351 e. The number of aromatic nitrogens is 4. The summed E-state index contributed by atoms with van der Waals surface area (Å²) in [5, 5.41) is 14.4. The zero-order chi connectivity index (χ0) is 11.4. The molecule has 0 aliphatic rings. The van der Waals surface area contributed by atoms with E-state index in [0.29, 0.717) is 18.1 Å². The minimum absolute atomic E-state index is 0.220. The van der Waals surface area contributed by atoms with Gasteiger partial charge in [-0.15, -0.1) is 10.2 Å². The van der Waals surface area contributed by atoms with Gasteiger partial charge in [-0.05, 0) is 25.1 Å². The molecular weight excluding hydrogens is 206 g/mol. The largest absolute Gasteiger partial charge is 0.351 e. The molecular formula is C10H11N5O. The Labute approximate surface area is 92.3 Å². The van der Waals surface area contributed by atoms with Crippen LogP contribution in [0.3, 0.4) is 0 Å². The van der Waals surface area contributed by atoms with Crippen molar-refractivity contribution >= 4 is 5.91 Å². The van der Waals surface area contributed by atoms with E-state index in [1.165, 1.54) is 0 Å². The molecule has 0 saturated heterocycles. The smallest absolute Gasteiger partial charge is 0.271 e. The van der Waals surface area contributed by atoms with E-state index in [9.17, 15) is 4.79 Å². The molecule has 2 rings (SSSR count). The summed E-state index contributed by atoms with van der Waals surface area (Å²) in [5.41, 5.74) is 0.303. The van der Waals surface area contributed by atoms with Crippen molar-refractivity contribution < 1.29 is 4.79 Å². The zero-order valence-electron chi connectivity index (χ0n) is 8.79. The molecule has 0 radical (unpaired) electrons. The van der Waals surface area contributed by atoms with Gasteiger partial charge in [0.1, 0.15) is 0 Å². The SMILES string of the molecule is CCNC(=O)c1ccc(-n2cccn2)nn1. The first-order chi connectivity index (χ1) is 7.81. The van der Waals surface area contributed by atoms with Crippen LogP contribution < -0.4 is 5.32 Å². The van der Waals surface area contributed by atoms with Crippen molar-refractivity contribution in [2.45, 2.75) is 6.92 Å². The van der Waals surface area contributed by atoms with Gasteiger partial charge in [0.15, 0.2) is 11.5 Å². The Morgan fingerprint density at radius 3 is 2.88 bits per heavy atom. The first kappa shape index (κ1) is 10.3. The van der Waals surface area contributed by atoms with Crippen LogP contribution in [0.25, 0.3) is 5.82 Å². The Balaban J connectivity index is 2.20. The molecule has 6 nitrogen and oxygen atoms in total. The van der Waals surface area contributed by atoms with Crippen molar-refractivity contribution in [1.82, 2.24) is 25.3 Å². The Morgan fingerprint density at radius 2 is 2.31 bits per heavy atom. The van der Waals surface area contributed by atoms with Crippen LogP contribution in [0.15, 0.2) is 30.6 Å². The molecule has 0 unspecified atom stereocenters. The molecule has 2 heterocycles. The highest BCUT2D eigenvalue weighted by atomic mass is 16.1. The summed E-state index contributed by atoms with van der Waals surface area (Å²) in [7, 11) is 0. The molecule has 0 aromatic carbocycles. The molecule has 82 valence electrons. The summed E-state index contributed by atoms with van der Waals surface area (Å²) in [6.45, 7) is 2.42. The summed E-state index contributed by atoms with van der Waals surface area (Å²) >= 11 is 0. The maximum absolute atomic E-state index is 11.4. The van der Waals surface area contributed by atoms with Gasteiger partial charge in [-0.1, -0.05) is 0 Å². The molecule has 2 aromatic rings. The summed E-state index contributed by atoms with van der Waals surface area (Å²) < 4.78 is 1.58. The van der Waals surface area contributed by atoms with Gasteiger partial charge >= 0.3 is 0 Å². The fourth-order valence-corrected chi connectivity index (χ4v) is 1.22. The molecule has 1 amide bonds. The lowest BCUT2D eigenvalue weighted by atomic mass is 10.3. The van der Waals surface area contributed by atoms with Crippen LogP contribution in [-0.4, -0.2) is 32.4 Å². The van der Waals surface area contributed by atoms with Crippen LogP contribution in [0, 0.1) is 0 Å². The van der Waals surface area contributed by atoms with E-state index in [-0.39, 0.29) is 5.91 Å². The van der Waals surface area contributed by atoms with Gasteiger partial charge in [-0.25, -0.2) is 4.68 Å². The second kappa shape index (κ2) is 4.52. The number of carbonyl (C=O) groups excluding carboxylic acids is 1. The van der Waals surface area contributed by atoms with Crippen molar-refractivity contribution in [2.75, 3.05) is 6.54 Å². The number of hydrogen-bond donors (Lipinski definition) is 1. The number of nitrogens with zero attached hydrogens (tertiary/aromatic N) is 4. The second-order valence-corrected chi connectivity index (χ2v) is 3.09. The Hall–Kier alpha value is -2.24. The van der Waals surface area contributed by atoms with E-state index in [2.05, 4.69) is 20.6 Å². The first-order valence-corrected chi connectivity index (χ1v) is 4.93. The van der Waals surface area contributed by atoms with Crippen LogP contribution in [0.4, 0.5) is 0 Å². The number of hydrogen-bond acceptors (Lipinski definition) is 4. The Bertz CT molecular complexity index is 462. The summed E-state index contributed by atoms with van der Waals surface area (Å²) in [5.74, 6) is 0.361. The highest BCUT2D eigenvalue weighted by Gasteiger charge is 2.06. The van der Waals surface area contributed by atoms with Crippen LogP contribution in [-0.2, 0) is 0 Å². The highest BCUT2D eigenvalue weighted by molar-refractivity contribution is 5.92. The molecule has 0 fully saturated rings. The fourth-order valence-electron chi connectivity index (χ4n) is 1.22. The van der Waals surface area contributed by atoms with Crippen LogP contribution in [0.5, 0.6) is 0 Å². The van der Waals surface area contributed by atoms with Crippen molar-refractivity contribution in [3.05, 3.63) is 36.3 Å². The third-order valence-corrected chi connectivity index (χ3v) is 1.96. The highest BCUT2D eigenvalue weighted by Crippen LogP contribution is 2.01. The number of amides is 1. The van der Waals surface area contributed by atoms with E-state index in [1.54, 1.807) is 35.3 Å². The number of carbonyl (C=O) groups is 1. The number of rotatable bonds is 3. The van der Waals surface area contributed by atoms with Crippen LogP contribution in [0.1, 0.15) is 17.4 Å². The quantitative estimate of drug-likeness (QED) is 0.808. The van der Waals surface area contributed by atoms with Crippen LogP contribution >= 0.6 is 0 Å². The zero-order valence-corrected chi connectivity index (χ0v) is 8.79. The maximum atomic E-state index is 11.4. The monoisotopic (exact) mass is 217 g/mol. The summed E-state index contributed by atoms with van der Waals surface area (Å²) in [6.07, 6.45) is 3.41. The van der Waals surface area contributed by atoms with Gasteiger partial charge in [0.25, 0.3) is 5.91 Å². The normalized spacial score (nSPS) is 10.1. The molecule has 2 aromatic heterocycles. The Kier molecular flexibility index (Phi) is 2.90. The van der Waals surface area contributed by atoms with Gasteiger partial charge in [0.05, 0.1) is 0 Å². The van der Waals surface area contributed by atoms with E-state index >= 15 is 0 Å². The van der Waals surface area contributed by atoms with Crippen molar-refractivity contribution in [2.24, 2.45) is 0 Å². The fraction of sp³-hybridized carbons (Fsp3) is 0.200. The first-order valence-electron chi connectivity index (χ1n) is 4.93. The lowest BCUT2D eigenvalue weighted by molar-refractivity contribution is 0.0950.